The van der Waals surface area contributed by atoms with Crippen molar-refractivity contribution in [2.45, 2.75) is 19.5 Å². The summed E-state index contributed by atoms with van der Waals surface area (Å²) in [6.45, 7) is 0.671. The smallest absolute Gasteiger partial charge is 0.422 e. The second kappa shape index (κ2) is 4.94. The molecule has 13 heavy (non-hydrogen) atoms. The molecule has 0 unspecified atom stereocenters. The van der Waals surface area contributed by atoms with Crippen molar-refractivity contribution in [3.05, 3.63) is 0 Å². The molecule has 0 aromatic heterocycles. The fraction of sp³-hybridized carbons (Fsp3) is 0.857. The summed E-state index contributed by atoms with van der Waals surface area (Å²) in [7, 11) is 1.39. The average Bonchev–Trinajstić information content (AvgIpc) is 1.99. The molecule has 0 bridgehead atoms. The van der Waals surface area contributed by atoms with Crippen molar-refractivity contribution in [3.8, 4) is 0 Å². The normalized spacial score (nSPS) is 11.2. The van der Waals surface area contributed by atoms with Crippen LogP contribution >= 0.6 is 0 Å². The van der Waals surface area contributed by atoms with E-state index in [-0.39, 0.29) is 0 Å². The minimum atomic E-state index is -4.46. The highest BCUT2D eigenvalue weighted by molar-refractivity contribution is 5.67. The molecular formula is C7H12F3NO2. The van der Waals surface area contributed by atoms with E-state index >= 15 is 0 Å². The molecule has 6 heteroatoms. The zero-order valence-corrected chi connectivity index (χ0v) is 7.52. The summed E-state index contributed by atoms with van der Waals surface area (Å²) in [5.74, 6) is 0. The molecule has 0 rings (SSSR count). The molecule has 0 heterocycles. The third-order valence-corrected chi connectivity index (χ3v) is 1.23. The van der Waals surface area contributed by atoms with Gasteiger partial charge in [-0.2, -0.15) is 13.2 Å². The van der Waals surface area contributed by atoms with Crippen LogP contribution in [0.4, 0.5) is 18.0 Å². The van der Waals surface area contributed by atoms with Gasteiger partial charge in [0.25, 0.3) is 0 Å². The molecule has 0 aromatic carbocycles. The summed E-state index contributed by atoms with van der Waals surface area (Å²) < 4.78 is 38.7. The third kappa shape index (κ3) is 6.24. The lowest BCUT2D eigenvalue weighted by Gasteiger charge is -2.16. The van der Waals surface area contributed by atoms with Crippen LogP contribution in [0.5, 0.6) is 0 Å². The van der Waals surface area contributed by atoms with Gasteiger partial charge in [-0.1, -0.05) is 6.92 Å². The number of carbonyl (C=O) groups is 1. The number of amides is 1. The number of ether oxygens (including phenoxy) is 1. The van der Waals surface area contributed by atoms with E-state index in [0.717, 1.165) is 4.90 Å². The maximum absolute atomic E-state index is 11.6. The molecule has 0 aliphatic rings. The van der Waals surface area contributed by atoms with Gasteiger partial charge in [0.15, 0.2) is 6.61 Å². The molecule has 0 saturated heterocycles. The Balaban J connectivity index is 3.74. The average molecular weight is 199 g/mol. The first kappa shape index (κ1) is 12.1. The van der Waals surface area contributed by atoms with Crippen LogP contribution < -0.4 is 0 Å². The molecular weight excluding hydrogens is 187 g/mol. The van der Waals surface area contributed by atoms with E-state index in [1.165, 1.54) is 7.05 Å². The molecule has 0 N–H and O–H groups in total. The molecule has 0 spiro atoms. The SMILES string of the molecule is CCCN(C)C(=O)OCC(F)(F)F. The topological polar surface area (TPSA) is 29.5 Å². The molecule has 0 fully saturated rings. The molecule has 0 aromatic rings. The lowest BCUT2D eigenvalue weighted by Crippen LogP contribution is -2.31. The number of hydrogen-bond donors (Lipinski definition) is 0. The number of nitrogens with zero attached hydrogens (tertiary/aromatic N) is 1. The molecule has 0 aliphatic carbocycles. The second-order valence-corrected chi connectivity index (χ2v) is 2.59. The predicted molar refractivity (Wildman–Crippen MR) is 40.3 cm³/mol. The van der Waals surface area contributed by atoms with Gasteiger partial charge in [-0.25, -0.2) is 4.79 Å². The summed E-state index contributed by atoms with van der Waals surface area (Å²) >= 11 is 0. The Labute approximate surface area is 74.5 Å². The lowest BCUT2D eigenvalue weighted by molar-refractivity contribution is -0.162. The van der Waals surface area contributed by atoms with E-state index in [9.17, 15) is 18.0 Å². The maximum atomic E-state index is 11.6. The molecule has 1 amide bonds. The lowest BCUT2D eigenvalue weighted by atomic mass is 10.5. The van der Waals surface area contributed by atoms with Crippen molar-refractivity contribution >= 4 is 6.09 Å². The quantitative estimate of drug-likeness (QED) is 0.696. The van der Waals surface area contributed by atoms with Crippen LogP contribution in [0, 0.1) is 0 Å². The summed E-state index contributed by atoms with van der Waals surface area (Å²) in [4.78, 5) is 11.9. The van der Waals surface area contributed by atoms with Crippen molar-refractivity contribution in [2.75, 3.05) is 20.2 Å². The monoisotopic (exact) mass is 199 g/mol. The Bertz CT molecular complexity index is 170. The van der Waals surface area contributed by atoms with Crippen LogP contribution in [0.1, 0.15) is 13.3 Å². The van der Waals surface area contributed by atoms with Gasteiger partial charge in [0.1, 0.15) is 0 Å². The van der Waals surface area contributed by atoms with Crippen molar-refractivity contribution in [1.82, 2.24) is 4.90 Å². The minimum Gasteiger partial charge on any atom is -0.440 e. The Morgan fingerprint density at radius 3 is 2.38 bits per heavy atom. The summed E-state index contributed by atoms with van der Waals surface area (Å²) in [5.41, 5.74) is 0. The van der Waals surface area contributed by atoms with Gasteiger partial charge in [0.05, 0.1) is 0 Å². The van der Waals surface area contributed by atoms with E-state index in [4.69, 9.17) is 0 Å². The van der Waals surface area contributed by atoms with Gasteiger partial charge < -0.3 is 9.64 Å². The van der Waals surface area contributed by atoms with Gasteiger partial charge in [-0.05, 0) is 6.42 Å². The van der Waals surface area contributed by atoms with E-state index in [2.05, 4.69) is 4.74 Å². The highest BCUT2D eigenvalue weighted by Gasteiger charge is 2.30. The third-order valence-electron chi connectivity index (χ3n) is 1.23. The van der Waals surface area contributed by atoms with Crippen LogP contribution in [-0.2, 0) is 4.74 Å². The number of alkyl halides is 3. The fourth-order valence-electron chi connectivity index (χ4n) is 0.680. The standard InChI is InChI=1S/C7H12F3NO2/c1-3-4-11(2)6(12)13-5-7(8,9)10/h3-5H2,1-2H3. The summed E-state index contributed by atoms with van der Waals surface area (Å²) in [6, 6.07) is 0. The van der Waals surface area contributed by atoms with E-state index in [1.54, 1.807) is 0 Å². The molecule has 0 radical (unpaired) electrons. The van der Waals surface area contributed by atoms with Crippen LogP contribution in [0.2, 0.25) is 0 Å². The van der Waals surface area contributed by atoms with Gasteiger partial charge in [0, 0.05) is 13.6 Å². The first-order chi connectivity index (χ1) is 5.87. The first-order valence-electron chi connectivity index (χ1n) is 3.81. The van der Waals surface area contributed by atoms with Gasteiger partial charge in [-0.15, -0.1) is 0 Å². The Morgan fingerprint density at radius 2 is 2.00 bits per heavy atom. The Kier molecular flexibility index (Phi) is 4.58. The van der Waals surface area contributed by atoms with Crippen LogP contribution in [0.25, 0.3) is 0 Å². The minimum absolute atomic E-state index is 0.386. The van der Waals surface area contributed by atoms with Crippen molar-refractivity contribution in [2.24, 2.45) is 0 Å². The number of carbonyl (C=O) groups excluding carboxylic acids is 1. The predicted octanol–water partition coefficient (Wildman–Crippen LogP) is 2.03. The number of rotatable bonds is 3. The maximum Gasteiger partial charge on any atom is 0.422 e. The first-order valence-corrected chi connectivity index (χ1v) is 3.81. The second-order valence-electron chi connectivity index (χ2n) is 2.59. The van der Waals surface area contributed by atoms with Gasteiger partial charge in [-0.3, -0.25) is 0 Å². The van der Waals surface area contributed by atoms with Gasteiger partial charge >= 0.3 is 12.3 Å². The van der Waals surface area contributed by atoms with Crippen molar-refractivity contribution in [3.63, 3.8) is 0 Å². The van der Waals surface area contributed by atoms with E-state index < -0.39 is 18.9 Å². The zero-order valence-electron chi connectivity index (χ0n) is 7.52. The number of halogens is 3. The molecule has 0 aliphatic heterocycles. The highest BCUT2D eigenvalue weighted by Crippen LogP contribution is 2.14. The molecule has 3 nitrogen and oxygen atoms in total. The summed E-state index contributed by atoms with van der Waals surface area (Å²) in [5, 5.41) is 0. The molecule has 78 valence electrons. The van der Waals surface area contributed by atoms with Crippen molar-refractivity contribution < 1.29 is 22.7 Å². The van der Waals surface area contributed by atoms with Crippen molar-refractivity contribution in [1.29, 1.82) is 0 Å². The summed E-state index contributed by atoms with van der Waals surface area (Å²) in [6.07, 6.45) is -4.72. The van der Waals surface area contributed by atoms with Crippen LogP contribution in [-0.4, -0.2) is 37.4 Å². The molecule has 0 saturated carbocycles. The zero-order chi connectivity index (χ0) is 10.5. The largest absolute Gasteiger partial charge is 0.440 e. The van der Waals surface area contributed by atoms with Gasteiger partial charge in [0.2, 0.25) is 0 Å². The van der Waals surface area contributed by atoms with E-state index in [1.807, 2.05) is 6.92 Å². The van der Waals surface area contributed by atoms with E-state index in [0.29, 0.717) is 13.0 Å². The van der Waals surface area contributed by atoms with Crippen LogP contribution in [0.15, 0.2) is 0 Å². The van der Waals surface area contributed by atoms with Crippen LogP contribution in [0.3, 0.4) is 0 Å². The highest BCUT2D eigenvalue weighted by atomic mass is 19.4. The Hall–Kier alpha value is -0.940. The fourth-order valence-corrected chi connectivity index (χ4v) is 0.680. The molecule has 0 atom stereocenters. The Morgan fingerprint density at radius 1 is 1.46 bits per heavy atom. The number of hydrogen-bond acceptors (Lipinski definition) is 2.